The van der Waals surface area contributed by atoms with E-state index in [0.717, 1.165) is 28.0 Å². The van der Waals surface area contributed by atoms with Crippen molar-refractivity contribution in [3.05, 3.63) is 80.9 Å². The van der Waals surface area contributed by atoms with Crippen LogP contribution in [0.25, 0.3) is 12.2 Å². The molecule has 0 saturated heterocycles. The second kappa shape index (κ2) is 7.13. The normalized spacial score (nSPS) is 17.2. The average molecular weight is 335 g/mol. The molecule has 126 valence electrons. The molecule has 0 heterocycles. The van der Waals surface area contributed by atoms with Gasteiger partial charge in [-0.3, -0.25) is 14.9 Å². The van der Waals surface area contributed by atoms with Gasteiger partial charge in [-0.05, 0) is 60.4 Å². The number of nitrogens with zero attached hydrogens (tertiary/aromatic N) is 1. The van der Waals surface area contributed by atoms with Crippen LogP contribution in [-0.4, -0.2) is 17.8 Å². The monoisotopic (exact) mass is 335 g/mol. The molecule has 25 heavy (non-hydrogen) atoms. The fourth-order valence-electron chi connectivity index (χ4n) is 2.77. The molecule has 1 aliphatic rings. The molecule has 0 N–H and O–H groups in total. The largest absolute Gasteiger partial charge is 0.497 e. The molecule has 1 saturated carbocycles. The zero-order chi connectivity index (χ0) is 17.8. The summed E-state index contributed by atoms with van der Waals surface area (Å²) in [5, 5.41) is 10.7. The maximum absolute atomic E-state index is 12.5. The highest BCUT2D eigenvalue weighted by Crippen LogP contribution is 2.30. The van der Waals surface area contributed by atoms with E-state index in [4.69, 9.17) is 4.74 Å². The zero-order valence-corrected chi connectivity index (χ0v) is 13.8. The van der Waals surface area contributed by atoms with Crippen LogP contribution in [0.15, 0.2) is 59.7 Å². The smallest absolute Gasteiger partial charge is 0.269 e. The van der Waals surface area contributed by atoms with Crippen LogP contribution < -0.4 is 4.74 Å². The van der Waals surface area contributed by atoms with E-state index in [-0.39, 0.29) is 11.5 Å². The molecule has 5 heteroatoms. The van der Waals surface area contributed by atoms with Crippen LogP contribution in [-0.2, 0) is 4.79 Å². The number of benzene rings is 2. The van der Waals surface area contributed by atoms with Gasteiger partial charge in [-0.2, -0.15) is 0 Å². The predicted molar refractivity (Wildman–Crippen MR) is 96.3 cm³/mol. The number of allylic oxidation sites excluding steroid dienone is 2. The lowest BCUT2D eigenvalue weighted by molar-refractivity contribution is -0.384. The summed E-state index contributed by atoms with van der Waals surface area (Å²) in [7, 11) is 1.61. The zero-order valence-electron chi connectivity index (χ0n) is 13.8. The predicted octanol–water partition coefficient (Wildman–Crippen LogP) is 4.43. The van der Waals surface area contributed by atoms with Crippen molar-refractivity contribution in [2.75, 3.05) is 7.11 Å². The first kappa shape index (κ1) is 16.6. The SMILES string of the molecule is COc1ccc(/C=C2/CC/C(=C/c3ccc([N+](=O)[O-])cc3)C2=O)cc1. The van der Waals surface area contributed by atoms with Crippen LogP contribution in [0.2, 0.25) is 0 Å². The Hall–Kier alpha value is -3.21. The van der Waals surface area contributed by atoms with Gasteiger partial charge in [0.25, 0.3) is 5.69 Å². The first-order valence-electron chi connectivity index (χ1n) is 7.91. The van der Waals surface area contributed by atoms with E-state index >= 15 is 0 Å². The second-order valence-corrected chi connectivity index (χ2v) is 5.79. The summed E-state index contributed by atoms with van der Waals surface area (Å²) in [6.07, 6.45) is 5.08. The molecule has 0 aromatic heterocycles. The van der Waals surface area contributed by atoms with E-state index in [2.05, 4.69) is 0 Å². The number of Topliss-reactive ketones (excluding diaryl/α,β-unsaturated/α-hetero) is 1. The highest BCUT2D eigenvalue weighted by atomic mass is 16.6. The van der Waals surface area contributed by atoms with Crippen LogP contribution in [0.5, 0.6) is 5.75 Å². The lowest BCUT2D eigenvalue weighted by Gasteiger charge is -2.00. The van der Waals surface area contributed by atoms with Crippen LogP contribution >= 0.6 is 0 Å². The molecule has 0 bridgehead atoms. The standard InChI is InChI=1S/C20H17NO4/c1-25-19-10-4-15(5-11-19)13-17-7-6-16(20(17)22)12-14-2-8-18(9-3-14)21(23)24/h2-5,8-13H,6-7H2,1H3/b16-12-,17-13-. The molecule has 0 radical (unpaired) electrons. The van der Waals surface area contributed by atoms with Gasteiger partial charge in [-0.25, -0.2) is 0 Å². The van der Waals surface area contributed by atoms with Crippen molar-refractivity contribution in [2.24, 2.45) is 0 Å². The minimum atomic E-state index is -0.437. The molecule has 1 fully saturated rings. The van der Waals surface area contributed by atoms with E-state index in [1.807, 2.05) is 30.3 Å². The molecule has 2 aromatic rings. The van der Waals surface area contributed by atoms with Crippen molar-refractivity contribution >= 4 is 23.6 Å². The number of non-ortho nitro benzene ring substituents is 1. The van der Waals surface area contributed by atoms with Crippen molar-refractivity contribution in [1.29, 1.82) is 0 Å². The van der Waals surface area contributed by atoms with E-state index in [0.29, 0.717) is 12.8 Å². The first-order valence-corrected chi connectivity index (χ1v) is 7.91. The molecule has 5 nitrogen and oxygen atoms in total. The number of nitro groups is 1. The van der Waals surface area contributed by atoms with Gasteiger partial charge in [-0.1, -0.05) is 12.1 Å². The molecular weight excluding hydrogens is 318 g/mol. The van der Waals surface area contributed by atoms with Crippen LogP contribution in [0.1, 0.15) is 24.0 Å². The van der Waals surface area contributed by atoms with Crippen molar-refractivity contribution in [3.8, 4) is 5.75 Å². The summed E-state index contributed by atoms with van der Waals surface area (Å²) in [5.74, 6) is 0.813. The maximum Gasteiger partial charge on any atom is 0.269 e. The van der Waals surface area contributed by atoms with Crippen LogP contribution in [0, 0.1) is 10.1 Å². The van der Waals surface area contributed by atoms with Gasteiger partial charge in [0.15, 0.2) is 5.78 Å². The Kier molecular flexibility index (Phi) is 4.75. The van der Waals surface area contributed by atoms with Gasteiger partial charge in [0.1, 0.15) is 5.75 Å². The topological polar surface area (TPSA) is 69.4 Å². The molecule has 0 spiro atoms. The fourth-order valence-corrected chi connectivity index (χ4v) is 2.77. The summed E-state index contributed by atoms with van der Waals surface area (Å²) >= 11 is 0. The van der Waals surface area contributed by atoms with Crippen LogP contribution in [0.3, 0.4) is 0 Å². The highest BCUT2D eigenvalue weighted by molar-refractivity contribution is 6.15. The van der Waals surface area contributed by atoms with Gasteiger partial charge in [0.2, 0.25) is 0 Å². The van der Waals surface area contributed by atoms with Crippen LogP contribution in [0.4, 0.5) is 5.69 Å². The van der Waals surface area contributed by atoms with E-state index in [9.17, 15) is 14.9 Å². The highest BCUT2D eigenvalue weighted by Gasteiger charge is 2.22. The third kappa shape index (κ3) is 3.83. The third-order valence-electron chi connectivity index (χ3n) is 4.15. The van der Waals surface area contributed by atoms with Crippen molar-refractivity contribution < 1.29 is 14.5 Å². The molecule has 3 rings (SSSR count). The Balaban J connectivity index is 1.78. The fraction of sp³-hybridized carbons (Fsp3) is 0.150. The molecule has 0 aliphatic heterocycles. The van der Waals surface area contributed by atoms with E-state index in [1.165, 1.54) is 12.1 Å². The van der Waals surface area contributed by atoms with E-state index in [1.54, 1.807) is 25.3 Å². The number of ether oxygens (including phenoxy) is 1. The van der Waals surface area contributed by atoms with Gasteiger partial charge in [-0.15, -0.1) is 0 Å². The number of nitro benzene ring substituents is 1. The molecule has 1 aliphatic carbocycles. The minimum Gasteiger partial charge on any atom is -0.497 e. The Morgan fingerprint density at radius 1 is 0.920 bits per heavy atom. The number of carbonyl (C=O) groups excluding carboxylic acids is 1. The summed E-state index contributed by atoms with van der Waals surface area (Å²) in [5.41, 5.74) is 3.30. The Bertz CT molecular complexity index is 862. The third-order valence-corrected chi connectivity index (χ3v) is 4.15. The van der Waals surface area contributed by atoms with Gasteiger partial charge in [0, 0.05) is 23.3 Å². The molecule has 0 amide bonds. The molecular formula is C20H17NO4. The summed E-state index contributed by atoms with van der Waals surface area (Å²) in [6.45, 7) is 0. The van der Waals surface area contributed by atoms with Gasteiger partial charge >= 0.3 is 0 Å². The number of methoxy groups -OCH3 is 1. The lowest BCUT2D eigenvalue weighted by Crippen LogP contribution is -1.95. The minimum absolute atomic E-state index is 0.0363. The molecule has 2 aromatic carbocycles. The number of ketones is 1. The first-order chi connectivity index (χ1) is 12.1. The quantitative estimate of drug-likeness (QED) is 0.471. The summed E-state index contributed by atoms with van der Waals surface area (Å²) in [6, 6.07) is 13.8. The Labute approximate surface area is 145 Å². The Morgan fingerprint density at radius 3 is 1.84 bits per heavy atom. The van der Waals surface area contributed by atoms with Gasteiger partial charge < -0.3 is 4.74 Å². The van der Waals surface area contributed by atoms with Gasteiger partial charge in [0.05, 0.1) is 12.0 Å². The van der Waals surface area contributed by atoms with Crippen molar-refractivity contribution in [2.45, 2.75) is 12.8 Å². The Morgan fingerprint density at radius 2 is 1.40 bits per heavy atom. The maximum atomic E-state index is 12.5. The second-order valence-electron chi connectivity index (χ2n) is 5.79. The van der Waals surface area contributed by atoms with Crippen molar-refractivity contribution in [3.63, 3.8) is 0 Å². The van der Waals surface area contributed by atoms with Crippen molar-refractivity contribution in [1.82, 2.24) is 0 Å². The number of hydrogen-bond donors (Lipinski definition) is 0. The summed E-state index contributed by atoms with van der Waals surface area (Å²) in [4.78, 5) is 22.8. The average Bonchev–Trinajstić information content (AvgIpc) is 2.96. The van der Waals surface area contributed by atoms with E-state index < -0.39 is 4.92 Å². The molecule has 0 atom stereocenters. The number of hydrogen-bond acceptors (Lipinski definition) is 4. The lowest BCUT2D eigenvalue weighted by atomic mass is 10.1. The number of rotatable bonds is 4. The molecule has 0 unspecified atom stereocenters. The number of carbonyl (C=O) groups is 1. The summed E-state index contributed by atoms with van der Waals surface area (Å²) < 4.78 is 5.13.